The van der Waals surface area contributed by atoms with Crippen molar-refractivity contribution in [3.8, 4) is 0 Å². The van der Waals surface area contributed by atoms with Crippen LogP contribution in [0.2, 0.25) is 0 Å². The van der Waals surface area contributed by atoms with Crippen LogP contribution in [0.15, 0.2) is 18.5 Å². The fourth-order valence-electron chi connectivity index (χ4n) is 3.12. The Bertz CT molecular complexity index is 715. The van der Waals surface area contributed by atoms with Crippen LogP contribution in [0.3, 0.4) is 0 Å². The van der Waals surface area contributed by atoms with Gasteiger partial charge in [-0.05, 0) is 18.9 Å². The van der Waals surface area contributed by atoms with Gasteiger partial charge < -0.3 is 10.3 Å². The SMILES string of the molecule is NC(=O)c1cn(C2CCCCC2)c2ncc(C(F)(F)F)cc12. The number of hydrogen-bond donors (Lipinski definition) is 1. The molecule has 0 saturated heterocycles. The van der Waals surface area contributed by atoms with E-state index >= 15 is 0 Å². The van der Waals surface area contributed by atoms with Gasteiger partial charge in [0.2, 0.25) is 0 Å². The van der Waals surface area contributed by atoms with E-state index in [1.165, 1.54) is 0 Å². The number of halogens is 3. The van der Waals surface area contributed by atoms with E-state index in [-0.39, 0.29) is 17.0 Å². The lowest BCUT2D eigenvalue weighted by Crippen LogP contribution is -2.13. The average molecular weight is 311 g/mol. The van der Waals surface area contributed by atoms with Crippen molar-refractivity contribution in [2.24, 2.45) is 5.73 Å². The van der Waals surface area contributed by atoms with Crippen molar-refractivity contribution in [2.45, 2.75) is 44.3 Å². The lowest BCUT2D eigenvalue weighted by Gasteiger charge is -2.23. The molecule has 0 aromatic carbocycles. The molecule has 1 aliphatic carbocycles. The molecule has 4 nitrogen and oxygen atoms in total. The van der Waals surface area contributed by atoms with Crippen molar-refractivity contribution in [3.05, 3.63) is 29.6 Å². The second-order valence-electron chi connectivity index (χ2n) is 5.70. The molecule has 0 spiro atoms. The Morgan fingerprint density at radius 2 is 1.95 bits per heavy atom. The van der Waals surface area contributed by atoms with Crippen LogP contribution < -0.4 is 5.73 Å². The molecule has 1 amide bonds. The molecule has 1 aliphatic rings. The molecule has 0 bridgehead atoms. The van der Waals surface area contributed by atoms with Crippen LogP contribution in [0.1, 0.15) is 54.1 Å². The summed E-state index contributed by atoms with van der Waals surface area (Å²) in [4.78, 5) is 15.5. The predicted molar refractivity (Wildman–Crippen MR) is 75.4 cm³/mol. The summed E-state index contributed by atoms with van der Waals surface area (Å²) in [5, 5.41) is 0.174. The molecule has 2 heterocycles. The Morgan fingerprint density at radius 1 is 1.27 bits per heavy atom. The fraction of sp³-hybridized carbons (Fsp3) is 0.467. The summed E-state index contributed by atoms with van der Waals surface area (Å²) >= 11 is 0. The quantitative estimate of drug-likeness (QED) is 0.920. The first-order chi connectivity index (χ1) is 10.4. The Kier molecular flexibility index (Phi) is 3.58. The Morgan fingerprint density at radius 3 is 2.55 bits per heavy atom. The number of aromatic nitrogens is 2. The lowest BCUT2D eigenvalue weighted by molar-refractivity contribution is -0.137. The third-order valence-electron chi connectivity index (χ3n) is 4.23. The molecule has 1 saturated carbocycles. The van der Waals surface area contributed by atoms with Gasteiger partial charge in [0, 0.05) is 23.8 Å². The van der Waals surface area contributed by atoms with E-state index in [0.29, 0.717) is 5.65 Å². The summed E-state index contributed by atoms with van der Waals surface area (Å²) in [5.74, 6) is -0.735. The van der Waals surface area contributed by atoms with Gasteiger partial charge in [-0.15, -0.1) is 0 Å². The number of pyridine rings is 1. The zero-order valence-electron chi connectivity index (χ0n) is 11.9. The highest BCUT2D eigenvalue weighted by Gasteiger charge is 2.32. The summed E-state index contributed by atoms with van der Waals surface area (Å²) in [5.41, 5.74) is 4.94. The minimum Gasteiger partial charge on any atom is -0.366 e. The maximum atomic E-state index is 12.8. The minimum absolute atomic E-state index is 0.0965. The molecular weight excluding hydrogens is 295 g/mol. The van der Waals surface area contributed by atoms with E-state index in [1.807, 2.05) is 4.57 Å². The highest BCUT2D eigenvalue weighted by molar-refractivity contribution is 6.05. The largest absolute Gasteiger partial charge is 0.417 e. The molecule has 0 aliphatic heterocycles. The van der Waals surface area contributed by atoms with Crippen LogP contribution >= 0.6 is 0 Å². The van der Waals surface area contributed by atoms with Crippen molar-refractivity contribution in [3.63, 3.8) is 0 Å². The topological polar surface area (TPSA) is 60.9 Å². The third-order valence-corrected chi connectivity index (χ3v) is 4.23. The predicted octanol–water partition coefficient (Wildman–Crippen LogP) is 3.66. The molecule has 22 heavy (non-hydrogen) atoms. The minimum atomic E-state index is -4.50. The van der Waals surface area contributed by atoms with Gasteiger partial charge in [0.25, 0.3) is 5.91 Å². The molecule has 0 radical (unpaired) electrons. The number of rotatable bonds is 2. The van der Waals surface area contributed by atoms with Gasteiger partial charge in [0.15, 0.2) is 0 Å². The van der Waals surface area contributed by atoms with Gasteiger partial charge >= 0.3 is 6.18 Å². The molecule has 3 rings (SSSR count). The Hall–Kier alpha value is -2.05. The Balaban J connectivity index is 2.16. The third kappa shape index (κ3) is 2.55. The van der Waals surface area contributed by atoms with Gasteiger partial charge in [-0.2, -0.15) is 13.2 Å². The van der Waals surface area contributed by atoms with E-state index in [0.717, 1.165) is 44.4 Å². The van der Waals surface area contributed by atoms with E-state index in [9.17, 15) is 18.0 Å². The first-order valence-electron chi connectivity index (χ1n) is 7.25. The van der Waals surface area contributed by atoms with Gasteiger partial charge in [-0.3, -0.25) is 4.79 Å². The van der Waals surface area contributed by atoms with Crippen LogP contribution in [0.4, 0.5) is 13.2 Å². The number of primary amides is 1. The number of carbonyl (C=O) groups excluding carboxylic acids is 1. The van der Waals surface area contributed by atoms with E-state index < -0.39 is 17.6 Å². The number of hydrogen-bond acceptors (Lipinski definition) is 2. The number of nitrogens with two attached hydrogens (primary N) is 1. The fourth-order valence-corrected chi connectivity index (χ4v) is 3.12. The Labute approximate surface area is 125 Å². The molecule has 0 unspecified atom stereocenters. The van der Waals surface area contributed by atoms with Crippen molar-refractivity contribution >= 4 is 16.9 Å². The molecule has 2 N–H and O–H groups in total. The normalized spacial score (nSPS) is 17.0. The van der Waals surface area contributed by atoms with Crippen molar-refractivity contribution in [1.29, 1.82) is 0 Å². The first kappa shape index (κ1) is 14.9. The number of amides is 1. The molecule has 7 heteroatoms. The summed E-state index contributed by atoms with van der Waals surface area (Å²) in [7, 11) is 0. The summed E-state index contributed by atoms with van der Waals surface area (Å²) in [6, 6.07) is 1.12. The second kappa shape index (κ2) is 5.30. The van der Waals surface area contributed by atoms with Gasteiger partial charge in [0.05, 0.1) is 11.1 Å². The van der Waals surface area contributed by atoms with Crippen LogP contribution in [-0.4, -0.2) is 15.5 Å². The van der Waals surface area contributed by atoms with Gasteiger partial charge in [-0.1, -0.05) is 19.3 Å². The average Bonchev–Trinajstić information content (AvgIpc) is 2.86. The zero-order chi connectivity index (χ0) is 15.9. The van der Waals surface area contributed by atoms with Crippen LogP contribution in [-0.2, 0) is 6.18 Å². The van der Waals surface area contributed by atoms with Crippen LogP contribution in [0.25, 0.3) is 11.0 Å². The summed E-state index contributed by atoms with van der Waals surface area (Å²) < 4.78 is 40.4. The van der Waals surface area contributed by atoms with Crippen molar-refractivity contribution in [2.75, 3.05) is 0 Å². The summed E-state index contributed by atoms with van der Waals surface area (Å²) in [6.45, 7) is 0. The van der Waals surface area contributed by atoms with Gasteiger partial charge in [-0.25, -0.2) is 4.98 Å². The van der Waals surface area contributed by atoms with Crippen LogP contribution in [0.5, 0.6) is 0 Å². The molecule has 0 atom stereocenters. The molecule has 2 aromatic rings. The number of fused-ring (bicyclic) bond motifs is 1. The molecule has 118 valence electrons. The van der Waals surface area contributed by atoms with Gasteiger partial charge in [0.1, 0.15) is 5.65 Å². The second-order valence-corrected chi connectivity index (χ2v) is 5.70. The zero-order valence-corrected chi connectivity index (χ0v) is 11.9. The summed E-state index contributed by atoms with van der Waals surface area (Å²) in [6.07, 6.45) is 3.03. The van der Waals surface area contributed by atoms with E-state index in [4.69, 9.17) is 5.73 Å². The number of nitrogens with zero attached hydrogens (tertiary/aromatic N) is 2. The van der Waals surface area contributed by atoms with E-state index in [1.54, 1.807) is 6.20 Å². The monoisotopic (exact) mass is 311 g/mol. The van der Waals surface area contributed by atoms with Crippen molar-refractivity contribution < 1.29 is 18.0 Å². The first-order valence-corrected chi connectivity index (χ1v) is 7.25. The molecule has 2 aromatic heterocycles. The molecule has 1 fully saturated rings. The lowest BCUT2D eigenvalue weighted by atomic mass is 9.95. The molecular formula is C15H16F3N3O. The maximum absolute atomic E-state index is 12.8. The smallest absolute Gasteiger partial charge is 0.366 e. The number of alkyl halides is 3. The standard InChI is InChI=1S/C15H16F3N3O/c16-15(17,18)9-6-11-12(13(19)22)8-21(14(11)20-7-9)10-4-2-1-3-5-10/h6-8,10H,1-5H2,(H2,19,22). The van der Waals surface area contributed by atoms with Crippen LogP contribution in [0, 0.1) is 0 Å². The highest BCUT2D eigenvalue weighted by atomic mass is 19.4. The maximum Gasteiger partial charge on any atom is 0.417 e. The van der Waals surface area contributed by atoms with E-state index in [2.05, 4.69) is 4.98 Å². The van der Waals surface area contributed by atoms with Crippen molar-refractivity contribution in [1.82, 2.24) is 9.55 Å². The number of carbonyl (C=O) groups is 1. The highest BCUT2D eigenvalue weighted by Crippen LogP contribution is 2.35.